The highest BCUT2D eigenvalue weighted by molar-refractivity contribution is 5.87. The van der Waals surface area contributed by atoms with Crippen molar-refractivity contribution in [3.05, 3.63) is 101 Å². The number of nitrogens with zero attached hydrogens (tertiary/aromatic N) is 1. The van der Waals surface area contributed by atoms with Crippen molar-refractivity contribution in [2.45, 2.75) is 92.1 Å². The summed E-state index contributed by atoms with van der Waals surface area (Å²) in [6.07, 6.45) is -3.39. The molecule has 0 aliphatic carbocycles. The van der Waals surface area contributed by atoms with Crippen molar-refractivity contribution in [2.24, 2.45) is 0 Å². The molecule has 0 radical (unpaired) electrons. The van der Waals surface area contributed by atoms with Crippen molar-refractivity contribution in [2.75, 3.05) is 6.61 Å². The number of aryl methyl sites for hydroxylation is 1. The van der Waals surface area contributed by atoms with Crippen LogP contribution in [-0.2, 0) is 55.9 Å². The van der Waals surface area contributed by atoms with Gasteiger partial charge < -0.3 is 33.0 Å². The van der Waals surface area contributed by atoms with E-state index in [0.717, 1.165) is 38.9 Å². The van der Waals surface area contributed by atoms with Gasteiger partial charge in [-0.05, 0) is 53.8 Å². The molecule has 4 aromatic rings. The number of ether oxygens (including phenoxy) is 6. The van der Waals surface area contributed by atoms with Gasteiger partial charge in [0.25, 0.3) is 0 Å². The van der Waals surface area contributed by atoms with Crippen LogP contribution in [0, 0.1) is 6.92 Å². The Balaban J connectivity index is 0.00000276. The lowest BCUT2D eigenvalue weighted by molar-refractivity contribution is -0.267. The number of benzene rings is 3. The van der Waals surface area contributed by atoms with Crippen LogP contribution in [0.1, 0.15) is 70.0 Å². The van der Waals surface area contributed by atoms with Crippen molar-refractivity contribution >= 4 is 34.8 Å². The minimum absolute atomic E-state index is 0.307. The van der Waals surface area contributed by atoms with Crippen molar-refractivity contribution < 1.29 is 47.6 Å². The Hall–Kier alpha value is -5.16. The van der Waals surface area contributed by atoms with E-state index < -0.39 is 54.5 Å². The standard InChI is InChI=1S/C37H39NO10.C2H6/c1-22-10-9-13-31-33(22)29(18-27-14-16-30(17-15-27)44-20-28-11-7-6-8-12-28)19-38(31)37-36(47-26(5)42)35(46-25(4)41)34(45-24(3)40)32(48-37)21-43-23(2)39;1-2/h6-17,19,32,34-37H,18,20-21H2,1-5H3;1-2H3/t32-,34-,35+,36-,37?;/m1./s1. The minimum Gasteiger partial charge on any atom is -0.489 e. The number of carbonyl (C=O) groups excluding carboxylic acids is 4. The normalized spacial score (nSPS) is 19.8. The van der Waals surface area contributed by atoms with Crippen molar-refractivity contribution in [1.82, 2.24) is 4.57 Å². The third kappa shape index (κ3) is 9.50. The summed E-state index contributed by atoms with van der Waals surface area (Å²) in [7, 11) is 0. The van der Waals surface area contributed by atoms with Crippen LogP contribution in [0.3, 0.4) is 0 Å². The lowest BCUT2D eigenvalue weighted by atomic mass is 9.97. The highest BCUT2D eigenvalue weighted by Crippen LogP contribution is 2.39. The van der Waals surface area contributed by atoms with Crippen molar-refractivity contribution in [1.29, 1.82) is 0 Å². The van der Waals surface area contributed by atoms with Gasteiger partial charge in [-0.15, -0.1) is 0 Å². The zero-order valence-electron chi connectivity index (χ0n) is 29.5. The Morgan fingerprint density at radius 3 is 1.94 bits per heavy atom. The molecule has 5 atom stereocenters. The Morgan fingerprint density at radius 1 is 0.700 bits per heavy atom. The molecule has 2 heterocycles. The fourth-order valence-electron chi connectivity index (χ4n) is 6.03. The second-order valence-corrected chi connectivity index (χ2v) is 11.7. The molecule has 50 heavy (non-hydrogen) atoms. The first-order valence-corrected chi connectivity index (χ1v) is 16.6. The molecule has 0 saturated carbocycles. The first-order chi connectivity index (χ1) is 24.0. The predicted molar refractivity (Wildman–Crippen MR) is 185 cm³/mol. The Labute approximate surface area is 292 Å². The fraction of sp³-hybridized carbons (Fsp3) is 0.385. The topological polar surface area (TPSA) is 129 Å². The van der Waals surface area contributed by atoms with E-state index in [4.69, 9.17) is 28.4 Å². The van der Waals surface area contributed by atoms with Crippen LogP contribution in [0.15, 0.2) is 79.0 Å². The van der Waals surface area contributed by atoms with Crippen molar-refractivity contribution in [3.8, 4) is 5.75 Å². The van der Waals surface area contributed by atoms with Gasteiger partial charge in [0, 0.05) is 39.3 Å². The largest absolute Gasteiger partial charge is 0.489 e. The average molecular weight is 688 g/mol. The van der Waals surface area contributed by atoms with Gasteiger partial charge in [-0.1, -0.05) is 68.4 Å². The molecule has 5 rings (SSSR count). The number of aromatic nitrogens is 1. The summed E-state index contributed by atoms with van der Waals surface area (Å²) in [6.45, 7) is 11.0. The third-order valence-corrected chi connectivity index (χ3v) is 7.95. The predicted octanol–water partition coefficient (Wildman–Crippen LogP) is 6.40. The molecule has 11 heteroatoms. The van der Waals surface area contributed by atoms with Crippen LogP contribution >= 0.6 is 0 Å². The highest BCUT2D eigenvalue weighted by atomic mass is 16.7. The Kier molecular flexibility index (Phi) is 13.2. The highest BCUT2D eigenvalue weighted by Gasteiger charge is 2.53. The number of hydrogen-bond acceptors (Lipinski definition) is 10. The van der Waals surface area contributed by atoms with E-state index in [-0.39, 0.29) is 6.61 Å². The molecule has 1 unspecified atom stereocenters. The molecule has 266 valence electrons. The number of rotatable bonds is 11. The first-order valence-electron chi connectivity index (χ1n) is 16.6. The van der Waals surface area contributed by atoms with Crippen LogP contribution in [0.25, 0.3) is 10.9 Å². The monoisotopic (exact) mass is 687 g/mol. The summed E-state index contributed by atoms with van der Waals surface area (Å²) in [5.74, 6) is -1.86. The van der Waals surface area contributed by atoms with Crippen LogP contribution < -0.4 is 4.74 Å². The summed E-state index contributed by atoms with van der Waals surface area (Å²) in [5.41, 5.74) is 4.86. The van der Waals surface area contributed by atoms with E-state index in [2.05, 4.69) is 0 Å². The maximum atomic E-state index is 12.4. The molecule has 0 amide bonds. The molecule has 11 nitrogen and oxygen atoms in total. The lowest BCUT2D eigenvalue weighted by Crippen LogP contribution is -2.60. The molecule has 1 aromatic heterocycles. The van der Waals surface area contributed by atoms with Crippen LogP contribution in [0.4, 0.5) is 0 Å². The zero-order valence-corrected chi connectivity index (χ0v) is 29.5. The van der Waals surface area contributed by atoms with Gasteiger partial charge in [0.1, 0.15) is 25.1 Å². The zero-order chi connectivity index (χ0) is 36.4. The molecule has 0 bridgehead atoms. The minimum atomic E-state index is -1.27. The molecule has 0 spiro atoms. The number of esters is 4. The Morgan fingerprint density at radius 2 is 1.32 bits per heavy atom. The van der Waals surface area contributed by atoms with Gasteiger partial charge in [0.2, 0.25) is 0 Å². The first kappa shape index (κ1) is 37.7. The maximum Gasteiger partial charge on any atom is 0.303 e. The lowest BCUT2D eigenvalue weighted by Gasteiger charge is -2.44. The molecule has 3 aromatic carbocycles. The smallest absolute Gasteiger partial charge is 0.303 e. The quantitative estimate of drug-likeness (QED) is 0.129. The SMILES string of the molecule is CC.CC(=O)OC[C@H]1OC(n2cc(Cc3ccc(OCc4ccccc4)cc3)c3c(C)cccc32)[C@H](OC(C)=O)[C@@H](OC(C)=O)[C@@H]1OC(C)=O. The molecular formula is C39H45NO10. The number of hydrogen-bond donors (Lipinski definition) is 0. The summed E-state index contributed by atoms with van der Waals surface area (Å²) >= 11 is 0. The second-order valence-electron chi connectivity index (χ2n) is 11.7. The number of fused-ring (bicyclic) bond motifs is 1. The maximum absolute atomic E-state index is 12.4. The van der Waals surface area contributed by atoms with Gasteiger partial charge >= 0.3 is 23.9 Å². The van der Waals surface area contributed by atoms with Crippen LogP contribution in [-0.4, -0.2) is 59.5 Å². The summed E-state index contributed by atoms with van der Waals surface area (Å²) in [6, 6.07) is 23.7. The molecule has 1 saturated heterocycles. The molecule has 1 fully saturated rings. The summed E-state index contributed by atoms with van der Waals surface area (Å²) in [4.78, 5) is 48.8. The van der Waals surface area contributed by atoms with Crippen LogP contribution in [0.5, 0.6) is 5.75 Å². The molecule has 0 N–H and O–H groups in total. The van der Waals surface area contributed by atoms with Gasteiger partial charge in [-0.25, -0.2) is 0 Å². The van der Waals surface area contributed by atoms with Gasteiger partial charge in [0.15, 0.2) is 24.5 Å². The summed E-state index contributed by atoms with van der Waals surface area (Å²) < 4.78 is 36.5. The van der Waals surface area contributed by atoms with E-state index in [1.54, 1.807) is 0 Å². The molecule has 1 aliphatic rings. The fourth-order valence-corrected chi connectivity index (χ4v) is 6.03. The van der Waals surface area contributed by atoms with Gasteiger partial charge in [0.05, 0.1) is 5.52 Å². The van der Waals surface area contributed by atoms with Gasteiger partial charge in [-0.3, -0.25) is 19.2 Å². The van der Waals surface area contributed by atoms with E-state index in [1.807, 2.05) is 104 Å². The van der Waals surface area contributed by atoms with E-state index >= 15 is 0 Å². The number of carbonyl (C=O) groups is 4. The van der Waals surface area contributed by atoms with E-state index in [0.29, 0.717) is 13.0 Å². The average Bonchev–Trinajstić information content (AvgIpc) is 3.45. The van der Waals surface area contributed by atoms with E-state index in [9.17, 15) is 19.2 Å². The van der Waals surface area contributed by atoms with Crippen LogP contribution in [0.2, 0.25) is 0 Å². The Bertz CT molecular complexity index is 1760. The third-order valence-electron chi connectivity index (χ3n) is 7.95. The molecule has 1 aliphatic heterocycles. The summed E-state index contributed by atoms with van der Waals surface area (Å²) in [5, 5.41) is 0.967. The van der Waals surface area contributed by atoms with E-state index in [1.165, 1.54) is 27.7 Å². The second kappa shape index (κ2) is 17.5. The van der Waals surface area contributed by atoms with Gasteiger partial charge in [-0.2, -0.15) is 0 Å². The molecular weight excluding hydrogens is 642 g/mol. The van der Waals surface area contributed by atoms with Crippen molar-refractivity contribution in [3.63, 3.8) is 0 Å².